The van der Waals surface area contributed by atoms with Gasteiger partial charge in [0, 0.05) is 6.04 Å². The number of carboxylic acids is 1. The molecule has 4 fully saturated rings. The number of hydrogen-bond acceptors (Lipinski definition) is 2. The maximum absolute atomic E-state index is 12.7. The van der Waals surface area contributed by atoms with Crippen LogP contribution in [0.1, 0.15) is 51.9 Å². The predicted molar refractivity (Wildman–Crippen MR) is 82.0 cm³/mol. The first-order valence-electron chi connectivity index (χ1n) is 9.07. The lowest BCUT2D eigenvalue weighted by Gasteiger charge is -2.32. The van der Waals surface area contributed by atoms with Crippen LogP contribution in [0.25, 0.3) is 0 Å². The van der Waals surface area contributed by atoms with Crippen molar-refractivity contribution < 1.29 is 14.7 Å². The van der Waals surface area contributed by atoms with Crippen LogP contribution in [0.5, 0.6) is 0 Å². The molecule has 0 aromatic carbocycles. The molecule has 0 aromatic heterocycles. The summed E-state index contributed by atoms with van der Waals surface area (Å²) in [4.78, 5) is 24.3. The summed E-state index contributed by atoms with van der Waals surface area (Å²) < 4.78 is 0. The number of amides is 1. The molecule has 4 nitrogen and oxygen atoms in total. The standard InChI is InChI=1S/C18H27NO3/c1-9(14-7-10-2-3-11(14)6-10)19-17(20)15-12-4-5-13(8-12)16(15)18(21)22/h9-16H,2-8H2,1H3,(H,19,20)(H,21,22). The zero-order chi connectivity index (χ0) is 15.4. The molecule has 122 valence electrons. The minimum atomic E-state index is -0.764. The van der Waals surface area contributed by atoms with Crippen LogP contribution in [0.2, 0.25) is 0 Å². The Balaban J connectivity index is 1.42. The van der Waals surface area contributed by atoms with Crippen LogP contribution < -0.4 is 5.32 Å². The zero-order valence-corrected chi connectivity index (χ0v) is 13.3. The number of rotatable bonds is 4. The zero-order valence-electron chi connectivity index (χ0n) is 13.3. The largest absolute Gasteiger partial charge is 0.481 e. The van der Waals surface area contributed by atoms with Gasteiger partial charge in [0.1, 0.15) is 0 Å². The van der Waals surface area contributed by atoms with E-state index in [-0.39, 0.29) is 23.8 Å². The van der Waals surface area contributed by atoms with Gasteiger partial charge >= 0.3 is 5.97 Å². The van der Waals surface area contributed by atoms with Crippen molar-refractivity contribution in [1.82, 2.24) is 5.32 Å². The average Bonchev–Trinajstić information content (AvgIpc) is 3.24. The van der Waals surface area contributed by atoms with E-state index in [1.165, 1.54) is 25.7 Å². The lowest BCUT2D eigenvalue weighted by molar-refractivity contribution is -0.149. The van der Waals surface area contributed by atoms with E-state index in [1.54, 1.807) is 0 Å². The molecule has 4 saturated carbocycles. The van der Waals surface area contributed by atoms with Crippen LogP contribution in [0.4, 0.5) is 0 Å². The van der Waals surface area contributed by atoms with Gasteiger partial charge < -0.3 is 10.4 Å². The summed E-state index contributed by atoms with van der Waals surface area (Å²) in [6, 6.07) is 0.205. The van der Waals surface area contributed by atoms with Crippen molar-refractivity contribution in [3.8, 4) is 0 Å². The summed E-state index contributed by atoms with van der Waals surface area (Å²) in [5, 5.41) is 12.7. The Morgan fingerprint density at radius 2 is 1.64 bits per heavy atom. The Labute approximate surface area is 132 Å². The van der Waals surface area contributed by atoms with E-state index >= 15 is 0 Å². The van der Waals surface area contributed by atoms with Gasteiger partial charge in [-0.1, -0.05) is 6.42 Å². The van der Waals surface area contributed by atoms with Crippen molar-refractivity contribution in [3.05, 3.63) is 0 Å². The molecule has 0 radical (unpaired) electrons. The third kappa shape index (κ3) is 2.17. The summed E-state index contributed by atoms with van der Waals surface area (Å²) in [5.74, 6) is 1.36. The topological polar surface area (TPSA) is 66.4 Å². The second kappa shape index (κ2) is 5.24. The van der Waals surface area contributed by atoms with Gasteiger partial charge in [-0.05, 0) is 75.0 Å². The number of aliphatic carboxylic acids is 1. The second-order valence-electron chi connectivity index (χ2n) is 8.36. The van der Waals surface area contributed by atoms with Crippen molar-refractivity contribution >= 4 is 11.9 Å². The molecule has 4 rings (SSSR count). The van der Waals surface area contributed by atoms with Gasteiger partial charge in [0.25, 0.3) is 0 Å². The minimum Gasteiger partial charge on any atom is -0.481 e. The smallest absolute Gasteiger partial charge is 0.307 e. The molecular weight excluding hydrogens is 278 g/mol. The fourth-order valence-electron chi connectivity index (χ4n) is 6.36. The van der Waals surface area contributed by atoms with Crippen molar-refractivity contribution in [1.29, 1.82) is 0 Å². The van der Waals surface area contributed by atoms with Gasteiger partial charge in [-0.25, -0.2) is 0 Å². The molecule has 0 spiro atoms. The van der Waals surface area contributed by atoms with Crippen LogP contribution >= 0.6 is 0 Å². The third-order valence-electron chi connectivity index (χ3n) is 7.31. The maximum atomic E-state index is 12.7. The van der Waals surface area contributed by atoms with Gasteiger partial charge in [0.05, 0.1) is 11.8 Å². The first kappa shape index (κ1) is 14.5. The molecule has 4 aliphatic carbocycles. The van der Waals surface area contributed by atoms with E-state index in [0.717, 1.165) is 31.1 Å². The number of carbonyl (C=O) groups is 2. The number of carbonyl (C=O) groups excluding carboxylic acids is 1. The van der Waals surface area contributed by atoms with Crippen LogP contribution in [-0.2, 0) is 9.59 Å². The van der Waals surface area contributed by atoms with Crippen LogP contribution in [0.3, 0.4) is 0 Å². The van der Waals surface area contributed by atoms with Crippen molar-refractivity contribution in [2.75, 3.05) is 0 Å². The Kier molecular flexibility index (Phi) is 3.46. The van der Waals surface area contributed by atoms with Gasteiger partial charge in [0.15, 0.2) is 0 Å². The molecule has 0 heterocycles. The highest BCUT2D eigenvalue weighted by atomic mass is 16.4. The quantitative estimate of drug-likeness (QED) is 0.839. The number of nitrogens with one attached hydrogen (secondary N) is 1. The minimum absolute atomic E-state index is 0.0230. The van der Waals surface area contributed by atoms with Gasteiger partial charge in [-0.2, -0.15) is 0 Å². The molecule has 8 atom stereocenters. The number of carboxylic acid groups (broad SMARTS) is 1. The average molecular weight is 305 g/mol. The fraction of sp³-hybridized carbons (Fsp3) is 0.889. The van der Waals surface area contributed by atoms with Crippen LogP contribution in [-0.4, -0.2) is 23.0 Å². The summed E-state index contributed by atoms with van der Waals surface area (Å²) in [7, 11) is 0. The molecule has 1 amide bonds. The molecule has 0 aromatic rings. The lowest BCUT2D eigenvalue weighted by atomic mass is 9.78. The molecular formula is C18H27NO3. The molecule has 4 heteroatoms. The highest BCUT2D eigenvalue weighted by molar-refractivity contribution is 5.86. The van der Waals surface area contributed by atoms with E-state index in [1.807, 2.05) is 0 Å². The summed E-state index contributed by atoms with van der Waals surface area (Å²) in [6.45, 7) is 2.13. The molecule has 4 bridgehead atoms. The molecule has 0 aliphatic heterocycles. The fourth-order valence-corrected chi connectivity index (χ4v) is 6.36. The molecule has 8 unspecified atom stereocenters. The SMILES string of the molecule is CC(NC(=O)C1C2CCC(C2)C1C(=O)O)C1CC2CCC1C2. The summed E-state index contributed by atoms with van der Waals surface area (Å²) >= 11 is 0. The highest BCUT2D eigenvalue weighted by Gasteiger charge is 2.54. The van der Waals surface area contributed by atoms with Crippen LogP contribution in [0, 0.1) is 41.4 Å². The third-order valence-corrected chi connectivity index (χ3v) is 7.31. The maximum Gasteiger partial charge on any atom is 0.307 e. The van der Waals surface area contributed by atoms with Gasteiger partial charge in [0.2, 0.25) is 5.91 Å². The highest BCUT2D eigenvalue weighted by Crippen LogP contribution is 2.53. The molecule has 0 saturated heterocycles. The normalized spacial score (nSPS) is 46.9. The van der Waals surface area contributed by atoms with E-state index in [9.17, 15) is 14.7 Å². The lowest BCUT2D eigenvalue weighted by Crippen LogP contribution is -2.47. The van der Waals surface area contributed by atoms with Crippen molar-refractivity contribution in [2.24, 2.45) is 41.4 Å². The van der Waals surface area contributed by atoms with Gasteiger partial charge in [-0.3, -0.25) is 9.59 Å². The number of fused-ring (bicyclic) bond motifs is 4. The Hall–Kier alpha value is -1.06. The van der Waals surface area contributed by atoms with Crippen LogP contribution in [0.15, 0.2) is 0 Å². The predicted octanol–water partition coefficient (Wildman–Crippen LogP) is 2.67. The van der Waals surface area contributed by atoms with Crippen molar-refractivity contribution in [2.45, 2.75) is 57.9 Å². The monoisotopic (exact) mass is 305 g/mol. The molecule has 2 N–H and O–H groups in total. The van der Waals surface area contributed by atoms with E-state index in [4.69, 9.17) is 0 Å². The number of hydrogen-bond donors (Lipinski definition) is 2. The van der Waals surface area contributed by atoms with Gasteiger partial charge in [-0.15, -0.1) is 0 Å². The Morgan fingerprint density at radius 1 is 0.955 bits per heavy atom. The Bertz CT molecular complexity index is 491. The summed E-state index contributed by atoms with van der Waals surface area (Å²) in [5.41, 5.74) is 0. The summed E-state index contributed by atoms with van der Waals surface area (Å²) in [6.07, 6.45) is 8.26. The van der Waals surface area contributed by atoms with E-state index in [2.05, 4.69) is 12.2 Å². The first-order chi connectivity index (χ1) is 10.5. The van der Waals surface area contributed by atoms with E-state index in [0.29, 0.717) is 11.8 Å². The first-order valence-corrected chi connectivity index (χ1v) is 9.07. The second-order valence-corrected chi connectivity index (χ2v) is 8.36. The van der Waals surface area contributed by atoms with E-state index < -0.39 is 11.9 Å². The van der Waals surface area contributed by atoms with Crippen molar-refractivity contribution in [3.63, 3.8) is 0 Å². The molecule has 22 heavy (non-hydrogen) atoms. The Morgan fingerprint density at radius 3 is 2.23 bits per heavy atom. The molecule has 4 aliphatic rings.